The number of hydrogen-bond acceptors (Lipinski definition) is 2. The summed E-state index contributed by atoms with van der Waals surface area (Å²) in [5.74, 6) is 1.61. The van der Waals surface area contributed by atoms with E-state index in [9.17, 15) is 0 Å². The van der Waals surface area contributed by atoms with Crippen molar-refractivity contribution in [3.63, 3.8) is 0 Å². The maximum absolute atomic E-state index is 5.89. The number of rotatable bonds is 8. The molecule has 0 bridgehead atoms. The highest BCUT2D eigenvalue weighted by Gasteiger charge is 2.20. The molecular formula is C16H24BrNO. The summed E-state index contributed by atoms with van der Waals surface area (Å²) < 4.78 is 7.05. The van der Waals surface area contributed by atoms with E-state index in [0.29, 0.717) is 5.92 Å². The van der Waals surface area contributed by atoms with Gasteiger partial charge < -0.3 is 10.1 Å². The molecule has 1 unspecified atom stereocenters. The highest BCUT2D eigenvalue weighted by molar-refractivity contribution is 9.10. The van der Waals surface area contributed by atoms with Crippen LogP contribution in [0.4, 0.5) is 0 Å². The van der Waals surface area contributed by atoms with Crippen LogP contribution in [0.25, 0.3) is 0 Å². The Morgan fingerprint density at radius 3 is 2.89 bits per heavy atom. The molecule has 0 radical (unpaired) electrons. The van der Waals surface area contributed by atoms with Gasteiger partial charge in [0.2, 0.25) is 0 Å². The molecule has 1 saturated carbocycles. The largest absolute Gasteiger partial charge is 0.493 e. The van der Waals surface area contributed by atoms with Crippen molar-refractivity contribution in [2.45, 2.75) is 52.1 Å². The Labute approximate surface area is 125 Å². The molecule has 0 spiro atoms. The van der Waals surface area contributed by atoms with Crippen LogP contribution in [0.5, 0.6) is 5.75 Å². The molecule has 0 saturated heterocycles. The van der Waals surface area contributed by atoms with E-state index in [-0.39, 0.29) is 0 Å². The van der Waals surface area contributed by atoms with E-state index in [1.54, 1.807) is 0 Å². The standard InChI is InChI=1S/C16H24BrNO/c1-3-4-12(2)11-19-15-7-8-16(17)13(9-15)10-18-14-5-6-14/h7-9,12,14,18H,3-6,10-11H2,1-2H3. The van der Waals surface area contributed by atoms with Crippen LogP contribution in [-0.2, 0) is 6.54 Å². The number of halogens is 1. The van der Waals surface area contributed by atoms with Gasteiger partial charge in [-0.3, -0.25) is 0 Å². The van der Waals surface area contributed by atoms with E-state index < -0.39 is 0 Å². The lowest BCUT2D eigenvalue weighted by molar-refractivity contribution is 0.251. The Balaban J connectivity index is 1.87. The van der Waals surface area contributed by atoms with Gasteiger partial charge in [-0.1, -0.05) is 36.2 Å². The lowest BCUT2D eigenvalue weighted by atomic mass is 10.1. The molecule has 0 amide bonds. The molecule has 0 aromatic heterocycles. The summed E-state index contributed by atoms with van der Waals surface area (Å²) in [6.07, 6.45) is 5.10. The highest BCUT2D eigenvalue weighted by atomic mass is 79.9. The summed E-state index contributed by atoms with van der Waals surface area (Å²) in [6, 6.07) is 7.02. The van der Waals surface area contributed by atoms with E-state index in [1.165, 1.54) is 31.2 Å². The molecule has 2 nitrogen and oxygen atoms in total. The van der Waals surface area contributed by atoms with Crippen LogP contribution >= 0.6 is 15.9 Å². The lowest BCUT2D eigenvalue weighted by Crippen LogP contribution is -2.15. The Bertz CT molecular complexity index is 404. The molecule has 1 aromatic carbocycles. The van der Waals surface area contributed by atoms with Crippen LogP contribution in [-0.4, -0.2) is 12.6 Å². The summed E-state index contributed by atoms with van der Waals surface area (Å²) >= 11 is 3.61. The van der Waals surface area contributed by atoms with Crippen molar-refractivity contribution in [2.24, 2.45) is 5.92 Å². The topological polar surface area (TPSA) is 21.3 Å². The smallest absolute Gasteiger partial charge is 0.119 e. The van der Waals surface area contributed by atoms with Crippen molar-refractivity contribution in [3.8, 4) is 5.75 Å². The zero-order chi connectivity index (χ0) is 13.7. The van der Waals surface area contributed by atoms with Gasteiger partial charge in [0.25, 0.3) is 0 Å². The number of nitrogens with one attached hydrogen (secondary N) is 1. The van der Waals surface area contributed by atoms with Crippen LogP contribution in [0, 0.1) is 5.92 Å². The summed E-state index contributed by atoms with van der Waals surface area (Å²) in [7, 11) is 0. The molecule has 1 N–H and O–H groups in total. The fraction of sp³-hybridized carbons (Fsp3) is 0.625. The van der Waals surface area contributed by atoms with Crippen molar-refractivity contribution >= 4 is 15.9 Å². The molecule has 2 rings (SSSR count). The monoisotopic (exact) mass is 325 g/mol. The fourth-order valence-electron chi connectivity index (χ4n) is 2.13. The molecule has 0 aliphatic heterocycles. The molecule has 3 heteroatoms. The third-order valence-electron chi connectivity index (χ3n) is 3.49. The normalized spacial score (nSPS) is 16.4. The first kappa shape index (κ1) is 14.9. The van der Waals surface area contributed by atoms with Crippen LogP contribution < -0.4 is 10.1 Å². The minimum atomic E-state index is 0.627. The second-order valence-electron chi connectivity index (χ2n) is 5.61. The van der Waals surface area contributed by atoms with Crippen molar-refractivity contribution in [3.05, 3.63) is 28.2 Å². The van der Waals surface area contributed by atoms with Crippen LogP contribution in [0.1, 0.15) is 45.1 Å². The van der Waals surface area contributed by atoms with Gasteiger partial charge in [0.15, 0.2) is 0 Å². The molecule has 1 aliphatic rings. The second kappa shape index (κ2) is 7.30. The second-order valence-corrected chi connectivity index (χ2v) is 6.47. The van der Waals surface area contributed by atoms with Crippen molar-refractivity contribution in [1.29, 1.82) is 0 Å². The van der Waals surface area contributed by atoms with Crippen molar-refractivity contribution in [2.75, 3.05) is 6.61 Å². The van der Waals surface area contributed by atoms with Crippen LogP contribution in [0.2, 0.25) is 0 Å². The summed E-state index contributed by atoms with van der Waals surface area (Å²) in [6.45, 7) is 6.20. The summed E-state index contributed by atoms with van der Waals surface area (Å²) in [5, 5.41) is 3.54. The van der Waals surface area contributed by atoms with Gasteiger partial charge in [-0.25, -0.2) is 0 Å². The van der Waals surface area contributed by atoms with Gasteiger partial charge in [0.05, 0.1) is 6.61 Å². The molecule has 1 aromatic rings. The molecule has 1 fully saturated rings. The zero-order valence-corrected chi connectivity index (χ0v) is 13.5. The number of benzene rings is 1. The quantitative estimate of drug-likeness (QED) is 0.758. The molecule has 19 heavy (non-hydrogen) atoms. The maximum atomic E-state index is 5.89. The molecule has 0 heterocycles. The van der Waals surface area contributed by atoms with E-state index in [2.05, 4.69) is 47.2 Å². The predicted molar refractivity (Wildman–Crippen MR) is 83.6 cm³/mol. The van der Waals surface area contributed by atoms with Crippen LogP contribution in [0.3, 0.4) is 0 Å². The first-order valence-corrected chi connectivity index (χ1v) is 8.13. The zero-order valence-electron chi connectivity index (χ0n) is 11.9. The molecule has 106 valence electrons. The minimum absolute atomic E-state index is 0.627. The van der Waals surface area contributed by atoms with Gasteiger partial charge in [-0.2, -0.15) is 0 Å². The third kappa shape index (κ3) is 5.15. The van der Waals surface area contributed by atoms with Gasteiger partial charge in [0, 0.05) is 17.1 Å². The first-order chi connectivity index (χ1) is 9.19. The molecule has 1 atom stereocenters. The van der Waals surface area contributed by atoms with Crippen molar-refractivity contribution < 1.29 is 4.74 Å². The van der Waals surface area contributed by atoms with Gasteiger partial charge in [-0.05, 0) is 48.9 Å². The number of hydrogen-bond donors (Lipinski definition) is 1. The van der Waals surface area contributed by atoms with E-state index in [1.807, 2.05) is 6.07 Å². The Morgan fingerprint density at radius 1 is 1.42 bits per heavy atom. The average Bonchev–Trinajstić information content (AvgIpc) is 3.21. The van der Waals surface area contributed by atoms with E-state index >= 15 is 0 Å². The highest BCUT2D eigenvalue weighted by Crippen LogP contribution is 2.25. The Hall–Kier alpha value is -0.540. The summed E-state index contributed by atoms with van der Waals surface area (Å²) in [5.41, 5.74) is 1.28. The molecule has 1 aliphatic carbocycles. The fourth-order valence-corrected chi connectivity index (χ4v) is 2.52. The average molecular weight is 326 g/mol. The van der Waals surface area contributed by atoms with Crippen LogP contribution in [0.15, 0.2) is 22.7 Å². The number of ether oxygens (including phenoxy) is 1. The minimum Gasteiger partial charge on any atom is -0.493 e. The first-order valence-electron chi connectivity index (χ1n) is 7.33. The Morgan fingerprint density at radius 2 is 2.21 bits per heavy atom. The van der Waals surface area contributed by atoms with E-state index in [0.717, 1.165) is 29.4 Å². The van der Waals surface area contributed by atoms with Gasteiger partial charge >= 0.3 is 0 Å². The summed E-state index contributed by atoms with van der Waals surface area (Å²) in [4.78, 5) is 0. The Kier molecular flexibility index (Phi) is 5.71. The maximum Gasteiger partial charge on any atom is 0.119 e. The van der Waals surface area contributed by atoms with Gasteiger partial charge in [-0.15, -0.1) is 0 Å². The third-order valence-corrected chi connectivity index (χ3v) is 4.27. The SMILES string of the molecule is CCCC(C)COc1ccc(Br)c(CNC2CC2)c1. The lowest BCUT2D eigenvalue weighted by Gasteiger charge is -2.14. The molecular weight excluding hydrogens is 302 g/mol. The van der Waals surface area contributed by atoms with Gasteiger partial charge in [0.1, 0.15) is 5.75 Å². The van der Waals surface area contributed by atoms with E-state index in [4.69, 9.17) is 4.74 Å². The van der Waals surface area contributed by atoms with Crippen molar-refractivity contribution in [1.82, 2.24) is 5.32 Å². The predicted octanol–water partition coefficient (Wildman–Crippen LogP) is 4.52.